The smallest absolute Gasteiger partial charge is 0.329 e. The molecular weight excluding hydrogens is 242 g/mol. The fraction of sp³-hybridized carbons (Fsp3) is 0.867. The summed E-state index contributed by atoms with van der Waals surface area (Å²) in [4.78, 5) is 23.9. The van der Waals surface area contributed by atoms with Crippen molar-refractivity contribution in [3.05, 3.63) is 0 Å². The van der Waals surface area contributed by atoms with E-state index in [-0.39, 0.29) is 11.8 Å². The molecule has 3 saturated carbocycles. The van der Waals surface area contributed by atoms with Crippen molar-refractivity contribution in [2.45, 2.75) is 63.3 Å². The van der Waals surface area contributed by atoms with Gasteiger partial charge in [0.1, 0.15) is 5.54 Å². The van der Waals surface area contributed by atoms with E-state index >= 15 is 0 Å². The van der Waals surface area contributed by atoms with Crippen LogP contribution in [0.25, 0.3) is 0 Å². The molecule has 0 aromatic carbocycles. The summed E-state index contributed by atoms with van der Waals surface area (Å²) < 4.78 is 0. The maximum Gasteiger partial charge on any atom is 0.329 e. The van der Waals surface area contributed by atoms with Crippen molar-refractivity contribution in [3.8, 4) is 0 Å². The van der Waals surface area contributed by atoms with E-state index in [0.717, 1.165) is 32.1 Å². The molecule has 3 fully saturated rings. The lowest BCUT2D eigenvalue weighted by molar-refractivity contribution is -0.149. The highest BCUT2D eigenvalue weighted by molar-refractivity contribution is 5.89. The third kappa shape index (κ3) is 2.26. The molecule has 2 N–H and O–H groups in total. The van der Waals surface area contributed by atoms with Crippen LogP contribution in [0.5, 0.6) is 0 Å². The molecule has 0 radical (unpaired) electrons. The quantitative estimate of drug-likeness (QED) is 0.823. The summed E-state index contributed by atoms with van der Waals surface area (Å²) in [5.41, 5.74) is -0.971. The van der Waals surface area contributed by atoms with Crippen LogP contribution in [0.3, 0.4) is 0 Å². The molecule has 0 saturated heterocycles. The van der Waals surface area contributed by atoms with Crippen LogP contribution in [0.15, 0.2) is 0 Å². The molecule has 4 heteroatoms. The first-order valence-corrected chi connectivity index (χ1v) is 7.69. The number of hydrogen-bond donors (Lipinski definition) is 2. The van der Waals surface area contributed by atoms with E-state index in [4.69, 9.17) is 0 Å². The number of carboxylic acid groups (broad SMARTS) is 1. The Morgan fingerprint density at radius 3 is 2.05 bits per heavy atom. The zero-order valence-corrected chi connectivity index (χ0v) is 11.4. The van der Waals surface area contributed by atoms with Gasteiger partial charge in [0.2, 0.25) is 5.91 Å². The van der Waals surface area contributed by atoms with Crippen LogP contribution in [-0.2, 0) is 9.59 Å². The molecule has 4 nitrogen and oxygen atoms in total. The minimum atomic E-state index is -0.971. The van der Waals surface area contributed by atoms with Crippen molar-refractivity contribution in [1.29, 1.82) is 0 Å². The van der Waals surface area contributed by atoms with Crippen molar-refractivity contribution in [1.82, 2.24) is 5.32 Å². The number of hydrogen-bond acceptors (Lipinski definition) is 2. The lowest BCUT2D eigenvalue weighted by Crippen LogP contribution is -2.56. The number of carbonyl (C=O) groups excluding carboxylic acids is 1. The Balaban J connectivity index is 1.65. The van der Waals surface area contributed by atoms with Crippen LogP contribution >= 0.6 is 0 Å². The molecule has 106 valence electrons. The summed E-state index contributed by atoms with van der Waals surface area (Å²) in [6, 6.07) is 0. The zero-order chi connectivity index (χ0) is 13.5. The number of nitrogens with one attached hydrogen (secondary N) is 1. The second-order valence-corrected chi connectivity index (χ2v) is 6.58. The standard InChI is InChI=1S/C15H23NO3/c17-13(12-10-6-2-3-7-11(10)12)16-15(14(18)19)8-4-1-5-9-15/h10-12H,1-9H2,(H,16,17)(H,18,19). The van der Waals surface area contributed by atoms with Crippen molar-refractivity contribution in [2.24, 2.45) is 17.8 Å². The molecule has 19 heavy (non-hydrogen) atoms. The monoisotopic (exact) mass is 265 g/mol. The van der Waals surface area contributed by atoms with Gasteiger partial charge in [-0.15, -0.1) is 0 Å². The number of carbonyl (C=O) groups is 2. The Bertz CT molecular complexity index is 375. The average Bonchev–Trinajstić information content (AvgIpc) is 3.14. The highest BCUT2D eigenvalue weighted by Crippen LogP contribution is 2.55. The zero-order valence-electron chi connectivity index (χ0n) is 11.4. The highest BCUT2D eigenvalue weighted by Gasteiger charge is 2.56. The largest absolute Gasteiger partial charge is 0.480 e. The Kier molecular flexibility index (Phi) is 3.27. The second-order valence-electron chi connectivity index (χ2n) is 6.58. The summed E-state index contributed by atoms with van der Waals surface area (Å²) in [5, 5.41) is 12.4. The first-order chi connectivity index (χ1) is 9.14. The normalized spacial score (nSPS) is 36.1. The first-order valence-electron chi connectivity index (χ1n) is 7.69. The molecule has 3 aliphatic rings. The molecule has 3 aliphatic carbocycles. The fourth-order valence-corrected chi connectivity index (χ4v) is 4.25. The number of rotatable bonds is 3. The summed E-state index contributed by atoms with van der Waals surface area (Å²) in [7, 11) is 0. The van der Waals surface area contributed by atoms with Crippen LogP contribution in [0.4, 0.5) is 0 Å². The van der Waals surface area contributed by atoms with Crippen LogP contribution in [0.1, 0.15) is 57.8 Å². The van der Waals surface area contributed by atoms with Crippen molar-refractivity contribution >= 4 is 11.9 Å². The highest BCUT2D eigenvalue weighted by atomic mass is 16.4. The van der Waals surface area contributed by atoms with Crippen molar-refractivity contribution in [2.75, 3.05) is 0 Å². The van der Waals surface area contributed by atoms with Gasteiger partial charge in [-0.1, -0.05) is 32.1 Å². The lowest BCUT2D eigenvalue weighted by Gasteiger charge is -2.34. The molecule has 0 spiro atoms. The minimum absolute atomic E-state index is 0.0150. The van der Waals surface area contributed by atoms with E-state index in [1.807, 2.05) is 0 Å². The Labute approximate surface area is 113 Å². The maximum atomic E-state index is 12.4. The number of amides is 1. The van der Waals surface area contributed by atoms with Crippen LogP contribution < -0.4 is 5.32 Å². The van der Waals surface area contributed by atoms with Crippen LogP contribution in [-0.4, -0.2) is 22.5 Å². The number of carboxylic acids is 1. The van der Waals surface area contributed by atoms with Gasteiger partial charge in [0.25, 0.3) is 0 Å². The maximum absolute atomic E-state index is 12.4. The Morgan fingerprint density at radius 1 is 0.947 bits per heavy atom. The van der Waals surface area contributed by atoms with Crippen LogP contribution in [0, 0.1) is 17.8 Å². The average molecular weight is 265 g/mol. The van der Waals surface area contributed by atoms with E-state index in [9.17, 15) is 14.7 Å². The molecule has 0 aromatic rings. The Morgan fingerprint density at radius 2 is 1.53 bits per heavy atom. The summed E-state index contributed by atoms with van der Waals surface area (Å²) in [5.74, 6) is 0.373. The molecular formula is C15H23NO3. The molecule has 2 unspecified atom stereocenters. The molecule has 0 aromatic heterocycles. The first kappa shape index (κ1) is 12.9. The van der Waals surface area contributed by atoms with Gasteiger partial charge in [-0.05, 0) is 37.5 Å². The molecule has 2 atom stereocenters. The van der Waals surface area contributed by atoms with E-state index in [1.54, 1.807) is 0 Å². The fourth-order valence-electron chi connectivity index (χ4n) is 4.25. The van der Waals surface area contributed by atoms with Gasteiger partial charge < -0.3 is 10.4 Å². The van der Waals surface area contributed by atoms with Gasteiger partial charge in [-0.3, -0.25) is 4.79 Å². The number of fused-ring (bicyclic) bond motifs is 1. The van der Waals surface area contributed by atoms with Gasteiger partial charge >= 0.3 is 5.97 Å². The van der Waals surface area contributed by atoms with Crippen molar-refractivity contribution in [3.63, 3.8) is 0 Å². The van der Waals surface area contributed by atoms with E-state index < -0.39 is 11.5 Å². The predicted molar refractivity (Wildman–Crippen MR) is 70.5 cm³/mol. The van der Waals surface area contributed by atoms with Gasteiger partial charge in [0, 0.05) is 5.92 Å². The molecule has 0 bridgehead atoms. The van der Waals surface area contributed by atoms with E-state index in [1.165, 1.54) is 12.8 Å². The summed E-state index contributed by atoms with van der Waals surface area (Å²) in [6.07, 6.45) is 8.86. The second kappa shape index (κ2) is 4.80. The topological polar surface area (TPSA) is 66.4 Å². The molecule has 1 amide bonds. The summed E-state index contributed by atoms with van der Waals surface area (Å²) >= 11 is 0. The van der Waals surface area contributed by atoms with Gasteiger partial charge in [-0.25, -0.2) is 4.79 Å². The van der Waals surface area contributed by atoms with Crippen LogP contribution in [0.2, 0.25) is 0 Å². The van der Waals surface area contributed by atoms with Crippen molar-refractivity contribution < 1.29 is 14.7 Å². The molecule has 0 heterocycles. The van der Waals surface area contributed by atoms with E-state index in [0.29, 0.717) is 24.7 Å². The van der Waals surface area contributed by atoms with Gasteiger partial charge in [0.15, 0.2) is 0 Å². The molecule has 3 rings (SSSR count). The van der Waals surface area contributed by atoms with Gasteiger partial charge in [0.05, 0.1) is 0 Å². The SMILES string of the molecule is O=C(NC1(C(=O)O)CCCCC1)C1C2CCCCC21. The third-order valence-corrected chi connectivity index (χ3v) is 5.44. The summed E-state index contributed by atoms with van der Waals surface area (Å²) in [6.45, 7) is 0. The minimum Gasteiger partial charge on any atom is -0.480 e. The van der Waals surface area contributed by atoms with Gasteiger partial charge in [-0.2, -0.15) is 0 Å². The third-order valence-electron chi connectivity index (χ3n) is 5.44. The Hall–Kier alpha value is -1.06. The number of aliphatic carboxylic acids is 1. The molecule has 0 aliphatic heterocycles. The predicted octanol–water partition coefficient (Wildman–Crippen LogP) is 2.33. The van der Waals surface area contributed by atoms with E-state index in [2.05, 4.69) is 5.32 Å². The lowest BCUT2D eigenvalue weighted by atomic mass is 9.81.